The molecular weight excluding hydrogens is 474 g/mol. The molecule has 6 heteroatoms. The van der Waals surface area contributed by atoms with E-state index in [1.165, 1.54) is 90.1 Å². The molecule has 38 heavy (non-hydrogen) atoms. The molecule has 0 saturated carbocycles. The summed E-state index contributed by atoms with van der Waals surface area (Å²) >= 11 is 0. The van der Waals surface area contributed by atoms with E-state index in [0.717, 1.165) is 37.0 Å². The van der Waals surface area contributed by atoms with Crippen LogP contribution in [0, 0.1) is 0 Å². The fourth-order valence-electron chi connectivity index (χ4n) is 4.93. The summed E-state index contributed by atoms with van der Waals surface area (Å²) in [5.41, 5.74) is 1.03. The molecule has 1 heterocycles. The largest absolute Gasteiger partial charge is 0.422 e. The molecule has 2 rings (SSSR count). The summed E-state index contributed by atoms with van der Waals surface area (Å²) in [6.45, 7) is 11.1. The van der Waals surface area contributed by atoms with Crippen molar-refractivity contribution in [1.82, 2.24) is 10.6 Å². The topological polar surface area (TPSA) is 74.6 Å². The number of amides is 1. The van der Waals surface area contributed by atoms with Crippen molar-refractivity contribution in [3.63, 3.8) is 0 Å². The minimum absolute atomic E-state index is 0.0795. The van der Waals surface area contributed by atoms with E-state index in [-0.39, 0.29) is 11.5 Å². The van der Waals surface area contributed by atoms with Crippen molar-refractivity contribution in [1.29, 1.82) is 0 Å². The van der Waals surface area contributed by atoms with Gasteiger partial charge in [0.1, 0.15) is 11.1 Å². The van der Waals surface area contributed by atoms with Gasteiger partial charge >= 0.3 is 5.63 Å². The first-order valence-electron chi connectivity index (χ1n) is 15.4. The van der Waals surface area contributed by atoms with Crippen LogP contribution in [0.5, 0.6) is 0 Å². The van der Waals surface area contributed by atoms with Crippen LogP contribution in [0.15, 0.2) is 33.5 Å². The number of fused-ring (bicyclic) bond motifs is 1. The maximum Gasteiger partial charge on any atom is 0.349 e. The second-order valence-electron chi connectivity index (χ2n) is 10.4. The van der Waals surface area contributed by atoms with Gasteiger partial charge in [-0.3, -0.25) is 4.79 Å². The Hall–Kier alpha value is -2.34. The number of carbonyl (C=O) groups is 1. The molecule has 1 amide bonds. The van der Waals surface area contributed by atoms with Crippen molar-refractivity contribution in [3.8, 4) is 0 Å². The molecule has 1 aromatic heterocycles. The summed E-state index contributed by atoms with van der Waals surface area (Å²) in [5.74, 6) is -0.347. The number of carbonyl (C=O) groups excluding carboxylic acids is 1. The summed E-state index contributed by atoms with van der Waals surface area (Å²) < 4.78 is 5.49. The predicted octanol–water partition coefficient (Wildman–Crippen LogP) is 7.44. The smallest absolute Gasteiger partial charge is 0.349 e. The summed E-state index contributed by atoms with van der Waals surface area (Å²) in [7, 11) is 0. The highest BCUT2D eigenvalue weighted by Crippen LogP contribution is 2.22. The van der Waals surface area contributed by atoms with Crippen LogP contribution in [0.3, 0.4) is 0 Å². The van der Waals surface area contributed by atoms with Crippen molar-refractivity contribution in [3.05, 3.63) is 40.2 Å². The van der Waals surface area contributed by atoms with Crippen LogP contribution in [-0.2, 0) is 0 Å². The molecule has 1 aromatic carbocycles. The van der Waals surface area contributed by atoms with Crippen molar-refractivity contribution in [2.24, 2.45) is 0 Å². The van der Waals surface area contributed by atoms with Crippen LogP contribution in [0.1, 0.15) is 121 Å². The second-order valence-corrected chi connectivity index (χ2v) is 10.4. The zero-order valence-corrected chi connectivity index (χ0v) is 24.4. The third kappa shape index (κ3) is 12.0. The fraction of sp³-hybridized carbons (Fsp3) is 0.688. The Morgan fingerprint density at radius 2 is 1.29 bits per heavy atom. The third-order valence-electron chi connectivity index (χ3n) is 7.37. The molecule has 0 aliphatic carbocycles. The molecule has 6 nitrogen and oxygen atoms in total. The number of hydrogen-bond donors (Lipinski definition) is 2. The van der Waals surface area contributed by atoms with Gasteiger partial charge in [0.05, 0.1) is 0 Å². The summed E-state index contributed by atoms with van der Waals surface area (Å²) in [6.07, 6.45) is 17.8. The molecule has 2 N–H and O–H groups in total. The van der Waals surface area contributed by atoms with Gasteiger partial charge in [0, 0.05) is 36.8 Å². The molecular formula is C32H53N3O3. The first-order chi connectivity index (χ1) is 18.6. The van der Waals surface area contributed by atoms with E-state index in [9.17, 15) is 9.59 Å². The Bertz CT molecular complexity index is 968. The van der Waals surface area contributed by atoms with E-state index in [2.05, 4.69) is 36.3 Å². The van der Waals surface area contributed by atoms with Gasteiger partial charge in [0.15, 0.2) is 0 Å². The van der Waals surface area contributed by atoms with Gasteiger partial charge in [-0.1, -0.05) is 77.6 Å². The highest BCUT2D eigenvalue weighted by atomic mass is 16.4. The minimum Gasteiger partial charge on any atom is -0.422 e. The highest BCUT2D eigenvalue weighted by Gasteiger charge is 2.14. The van der Waals surface area contributed by atoms with Gasteiger partial charge in [-0.05, 0) is 64.4 Å². The molecule has 0 atom stereocenters. The quantitative estimate of drug-likeness (QED) is 0.123. The van der Waals surface area contributed by atoms with Crippen LogP contribution >= 0.6 is 0 Å². The predicted molar refractivity (Wildman–Crippen MR) is 162 cm³/mol. The fourth-order valence-corrected chi connectivity index (χ4v) is 4.93. The van der Waals surface area contributed by atoms with E-state index in [4.69, 9.17) is 4.42 Å². The lowest BCUT2D eigenvalue weighted by Gasteiger charge is -2.21. The van der Waals surface area contributed by atoms with E-state index >= 15 is 0 Å². The Labute approximate surface area is 230 Å². The maximum absolute atomic E-state index is 12.6. The molecule has 0 bridgehead atoms. The van der Waals surface area contributed by atoms with Gasteiger partial charge in [0.2, 0.25) is 0 Å². The zero-order chi connectivity index (χ0) is 27.4. The first kappa shape index (κ1) is 31.9. The summed E-state index contributed by atoms with van der Waals surface area (Å²) in [4.78, 5) is 27.2. The summed E-state index contributed by atoms with van der Waals surface area (Å²) in [5, 5.41) is 7.22. The lowest BCUT2D eigenvalue weighted by atomic mass is 10.1. The lowest BCUT2D eigenvalue weighted by Crippen LogP contribution is -2.29. The van der Waals surface area contributed by atoms with Crippen LogP contribution in [0.4, 0.5) is 5.69 Å². The van der Waals surface area contributed by atoms with Gasteiger partial charge in [-0.25, -0.2) is 4.79 Å². The number of unbranched alkanes of at least 4 members (excludes halogenated alkanes) is 12. The highest BCUT2D eigenvalue weighted by molar-refractivity contribution is 5.96. The monoisotopic (exact) mass is 527 g/mol. The standard InChI is InChI=1S/C32H53N3O3/c1-4-7-8-17-22-33-23-18-15-13-11-9-10-12-14-16-19-24-34-31(36)29-25-27-20-21-28(35(5-2)6-3)26-30(27)38-32(29)37/h20-21,25-26,33H,4-19,22-24H2,1-3H3,(H,34,36). The zero-order valence-electron chi connectivity index (χ0n) is 24.4. The van der Waals surface area contributed by atoms with Gasteiger partial charge in [-0.2, -0.15) is 0 Å². The Morgan fingerprint density at radius 3 is 1.87 bits per heavy atom. The summed E-state index contributed by atoms with van der Waals surface area (Å²) in [6, 6.07) is 7.44. The SMILES string of the molecule is CCCCCCNCCCCCCCCCCCCNC(=O)c1cc2ccc(N(CC)CC)cc2oc1=O. The lowest BCUT2D eigenvalue weighted by molar-refractivity contribution is 0.0949. The number of nitrogens with one attached hydrogen (secondary N) is 2. The molecule has 0 fully saturated rings. The van der Waals surface area contributed by atoms with Gasteiger partial charge in [-0.15, -0.1) is 0 Å². The normalized spacial score (nSPS) is 11.2. The third-order valence-corrected chi connectivity index (χ3v) is 7.37. The van der Waals surface area contributed by atoms with E-state index in [1.54, 1.807) is 6.07 Å². The Morgan fingerprint density at radius 1 is 0.737 bits per heavy atom. The average molecular weight is 528 g/mol. The van der Waals surface area contributed by atoms with E-state index < -0.39 is 5.63 Å². The average Bonchev–Trinajstić information content (AvgIpc) is 2.92. The van der Waals surface area contributed by atoms with Crippen molar-refractivity contribution < 1.29 is 9.21 Å². The molecule has 2 aromatic rings. The maximum atomic E-state index is 12.6. The second kappa shape index (κ2) is 19.7. The van der Waals surface area contributed by atoms with Crippen molar-refractivity contribution >= 4 is 22.6 Å². The molecule has 0 aliphatic rings. The van der Waals surface area contributed by atoms with Crippen molar-refractivity contribution in [2.45, 2.75) is 111 Å². The number of benzene rings is 1. The molecule has 214 valence electrons. The van der Waals surface area contributed by atoms with Gasteiger partial charge < -0.3 is 20.0 Å². The van der Waals surface area contributed by atoms with Crippen LogP contribution in [0.2, 0.25) is 0 Å². The van der Waals surface area contributed by atoms with Crippen LogP contribution < -0.4 is 21.2 Å². The molecule has 0 saturated heterocycles. The van der Waals surface area contributed by atoms with E-state index in [0.29, 0.717) is 12.1 Å². The van der Waals surface area contributed by atoms with Crippen LogP contribution in [-0.4, -0.2) is 38.6 Å². The number of nitrogens with zero attached hydrogens (tertiary/aromatic N) is 1. The first-order valence-corrected chi connectivity index (χ1v) is 15.4. The number of rotatable bonds is 22. The van der Waals surface area contributed by atoms with Gasteiger partial charge in [0.25, 0.3) is 5.91 Å². The minimum atomic E-state index is -0.578. The number of anilines is 1. The molecule has 0 aliphatic heterocycles. The molecule has 0 spiro atoms. The Balaban J connectivity index is 1.52. The number of hydrogen-bond acceptors (Lipinski definition) is 5. The molecule has 0 unspecified atom stereocenters. The van der Waals surface area contributed by atoms with E-state index in [1.807, 2.05) is 18.2 Å². The molecule has 0 radical (unpaired) electrons. The van der Waals surface area contributed by atoms with Crippen molar-refractivity contribution in [2.75, 3.05) is 37.6 Å². The Kier molecular flexibility index (Phi) is 16.5. The van der Waals surface area contributed by atoms with Crippen LogP contribution in [0.25, 0.3) is 11.0 Å².